The van der Waals surface area contributed by atoms with E-state index in [-0.39, 0.29) is 31.1 Å². The van der Waals surface area contributed by atoms with Gasteiger partial charge in [0.2, 0.25) is 0 Å². The molecule has 15 nitrogen and oxygen atoms in total. The number of benzene rings is 1. The zero-order valence-corrected chi connectivity index (χ0v) is 27.7. The molecule has 6 rings (SSSR count). The fourth-order valence-corrected chi connectivity index (χ4v) is 7.33. The summed E-state index contributed by atoms with van der Waals surface area (Å²) in [5, 5.41) is 27.5. The molecule has 0 spiro atoms. The van der Waals surface area contributed by atoms with E-state index < -0.39 is 76.6 Å². The van der Waals surface area contributed by atoms with E-state index >= 15 is 0 Å². The smallest absolute Gasteiger partial charge is 0.303 e. The first-order valence-corrected chi connectivity index (χ1v) is 16.3. The number of carbonyl (C=O) groups excluding carboxylic acids is 2. The molecule has 8 unspecified atom stereocenters. The van der Waals surface area contributed by atoms with Crippen LogP contribution in [0.5, 0.6) is 0 Å². The molecule has 19 heteroatoms. The van der Waals surface area contributed by atoms with Crippen molar-refractivity contribution in [2.75, 3.05) is 26.9 Å². The molecule has 3 aromatic heterocycles. The number of aliphatic hydroxyl groups is 1. The standard InChI is InChI=1S/C31H32F3N7O8S/c1-15(42)47-13-24-29(48-16(2)43)27(41-10-21(36-39-41)17-8-18(32)26(34)19(33)9-17)30(45-3)31(49-24)50-25-14-46-12-23(28(25)44)40-11-22(37-38-40)20-6-4-5-7-35-20/h4-11,23-25,27-31,44H,12-14H2,1-3H3. The van der Waals surface area contributed by atoms with Crippen LogP contribution >= 0.6 is 11.8 Å². The van der Waals surface area contributed by atoms with Gasteiger partial charge in [0.1, 0.15) is 47.7 Å². The molecule has 0 amide bonds. The summed E-state index contributed by atoms with van der Waals surface area (Å²) < 4.78 is 73.7. The molecule has 8 atom stereocenters. The molecule has 1 N–H and O–H groups in total. The predicted molar refractivity (Wildman–Crippen MR) is 167 cm³/mol. The number of thioether (sulfide) groups is 1. The third-order valence-corrected chi connectivity index (χ3v) is 9.58. The summed E-state index contributed by atoms with van der Waals surface area (Å²) in [6.07, 6.45) is 0.386. The minimum atomic E-state index is -1.64. The van der Waals surface area contributed by atoms with Crippen molar-refractivity contribution >= 4 is 23.7 Å². The minimum absolute atomic E-state index is 0.0247. The number of hydrogen-bond acceptors (Lipinski definition) is 14. The zero-order chi connectivity index (χ0) is 35.5. The third-order valence-electron chi connectivity index (χ3n) is 8.17. The summed E-state index contributed by atoms with van der Waals surface area (Å²) in [6, 6.07) is 5.27. The Balaban J connectivity index is 1.30. The van der Waals surface area contributed by atoms with E-state index in [4.69, 9.17) is 23.7 Å². The first kappa shape index (κ1) is 35.4. The monoisotopic (exact) mass is 719 g/mol. The second-order valence-electron chi connectivity index (χ2n) is 11.5. The molecular formula is C31H32F3N7O8S. The van der Waals surface area contributed by atoms with Crippen molar-refractivity contribution in [3.8, 4) is 22.6 Å². The van der Waals surface area contributed by atoms with E-state index in [0.29, 0.717) is 11.4 Å². The minimum Gasteiger partial charge on any atom is -0.463 e. The van der Waals surface area contributed by atoms with E-state index in [2.05, 4.69) is 25.6 Å². The van der Waals surface area contributed by atoms with Crippen molar-refractivity contribution in [2.24, 2.45) is 0 Å². The first-order valence-electron chi connectivity index (χ1n) is 15.3. The molecule has 2 saturated heterocycles. The Morgan fingerprint density at radius 3 is 2.38 bits per heavy atom. The highest BCUT2D eigenvalue weighted by Gasteiger charge is 2.52. The SMILES string of the molecule is COC1C(SC2COCC(n3cc(-c4ccccn4)nn3)C2O)OC(COC(C)=O)C(OC(C)=O)C1n1cc(-c2cc(F)c(F)c(F)c2)nn1. The summed E-state index contributed by atoms with van der Waals surface area (Å²) in [7, 11) is 1.39. The van der Waals surface area contributed by atoms with E-state index in [0.717, 1.165) is 12.1 Å². The summed E-state index contributed by atoms with van der Waals surface area (Å²) >= 11 is 1.17. The van der Waals surface area contributed by atoms with Gasteiger partial charge in [-0.1, -0.05) is 16.5 Å². The van der Waals surface area contributed by atoms with Gasteiger partial charge < -0.3 is 28.8 Å². The molecule has 2 aliphatic rings. The molecule has 266 valence electrons. The second-order valence-corrected chi connectivity index (χ2v) is 12.9. The van der Waals surface area contributed by atoms with Crippen molar-refractivity contribution < 1.29 is 51.6 Å². The lowest BCUT2D eigenvalue weighted by atomic mass is 9.96. The van der Waals surface area contributed by atoms with Crippen LogP contribution < -0.4 is 0 Å². The number of hydrogen-bond donors (Lipinski definition) is 1. The van der Waals surface area contributed by atoms with Gasteiger partial charge in [-0.2, -0.15) is 0 Å². The van der Waals surface area contributed by atoms with E-state index in [1.807, 2.05) is 6.07 Å². The molecule has 5 heterocycles. The highest BCUT2D eigenvalue weighted by molar-refractivity contribution is 8.00. The van der Waals surface area contributed by atoms with Crippen molar-refractivity contribution in [2.45, 2.75) is 61.0 Å². The Bertz CT molecular complexity index is 1790. The number of aromatic nitrogens is 7. The lowest BCUT2D eigenvalue weighted by Gasteiger charge is -2.46. The fourth-order valence-electron chi connectivity index (χ4n) is 5.83. The molecule has 1 aromatic carbocycles. The van der Waals surface area contributed by atoms with Gasteiger partial charge in [-0.05, 0) is 24.3 Å². The maximum Gasteiger partial charge on any atom is 0.303 e. The molecule has 0 bridgehead atoms. The van der Waals surface area contributed by atoms with Gasteiger partial charge in [0, 0.05) is 32.7 Å². The number of carbonyl (C=O) groups is 2. The van der Waals surface area contributed by atoms with Crippen molar-refractivity contribution in [3.05, 3.63) is 66.4 Å². The number of methoxy groups -OCH3 is 1. The van der Waals surface area contributed by atoms with Gasteiger partial charge in [-0.15, -0.1) is 22.0 Å². The summed E-state index contributed by atoms with van der Waals surface area (Å²) in [5.74, 6) is -5.79. The largest absolute Gasteiger partial charge is 0.463 e. The molecule has 0 aliphatic carbocycles. The summed E-state index contributed by atoms with van der Waals surface area (Å²) in [5.41, 5.74) is 0.0602. The normalized spacial score (nSPS) is 26.8. The second kappa shape index (κ2) is 15.2. The van der Waals surface area contributed by atoms with E-state index in [1.165, 1.54) is 48.3 Å². The number of halogens is 3. The van der Waals surface area contributed by atoms with Crippen LogP contribution in [0.4, 0.5) is 13.2 Å². The highest BCUT2D eigenvalue weighted by atomic mass is 32.2. The number of pyridine rings is 1. The fraction of sp³-hybridized carbons (Fsp3) is 0.452. The Kier molecular flexibility index (Phi) is 10.8. The van der Waals surface area contributed by atoms with Crippen molar-refractivity contribution in [1.29, 1.82) is 0 Å². The molecular weight excluding hydrogens is 687 g/mol. The van der Waals surface area contributed by atoms with Crippen molar-refractivity contribution in [3.63, 3.8) is 0 Å². The van der Waals surface area contributed by atoms with E-state index in [9.17, 15) is 27.9 Å². The zero-order valence-electron chi connectivity index (χ0n) is 26.8. The van der Waals surface area contributed by atoms with Crippen LogP contribution in [0.15, 0.2) is 48.9 Å². The van der Waals surface area contributed by atoms with Crippen LogP contribution in [-0.4, -0.2) is 114 Å². The van der Waals surface area contributed by atoms with Gasteiger partial charge in [-0.25, -0.2) is 22.5 Å². The topological polar surface area (TPSA) is 175 Å². The van der Waals surface area contributed by atoms with Gasteiger partial charge in [0.05, 0.1) is 42.7 Å². The maximum absolute atomic E-state index is 14.1. The number of rotatable bonds is 10. The van der Waals surface area contributed by atoms with Gasteiger partial charge in [0.15, 0.2) is 23.6 Å². The average Bonchev–Trinajstić information content (AvgIpc) is 3.79. The molecule has 2 fully saturated rings. The summed E-state index contributed by atoms with van der Waals surface area (Å²) in [6.45, 7) is 2.30. The predicted octanol–water partition coefficient (Wildman–Crippen LogP) is 2.53. The first-order chi connectivity index (χ1) is 24.0. The van der Waals surface area contributed by atoms with Gasteiger partial charge in [0.25, 0.3) is 0 Å². The number of ether oxygens (including phenoxy) is 5. The number of esters is 2. The molecule has 50 heavy (non-hydrogen) atoms. The quantitative estimate of drug-likeness (QED) is 0.187. The average molecular weight is 720 g/mol. The number of aliphatic hydroxyl groups excluding tert-OH is 1. The van der Waals surface area contributed by atoms with Gasteiger partial charge in [-0.3, -0.25) is 14.6 Å². The molecule has 0 radical (unpaired) electrons. The van der Waals surface area contributed by atoms with Crippen LogP contribution in [0.3, 0.4) is 0 Å². The van der Waals surface area contributed by atoms with Crippen LogP contribution in [0.25, 0.3) is 22.6 Å². The molecule has 0 saturated carbocycles. The van der Waals surface area contributed by atoms with Crippen molar-refractivity contribution in [1.82, 2.24) is 35.0 Å². The highest BCUT2D eigenvalue weighted by Crippen LogP contribution is 2.42. The Morgan fingerprint density at radius 2 is 1.70 bits per heavy atom. The lowest BCUT2D eigenvalue weighted by molar-refractivity contribution is -0.208. The van der Waals surface area contributed by atoms with Gasteiger partial charge >= 0.3 is 11.9 Å². The molecule has 4 aromatic rings. The van der Waals surface area contributed by atoms with Crippen LogP contribution in [-0.2, 0) is 33.3 Å². The molecule has 2 aliphatic heterocycles. The third kappa shape index (κ3) is 7.51. The number of nitrogens with zero attached hydrogens (tertiary/aromatic N) is 7. The lowest BCUT2D eigenvalue weighted by Crippen LogP contribution is -2.58. The van der Waals surface area contributed by atoms with E-state index in [1.54, 1.807) is 24.5 Å². The Hall–Kier alpha value is -4.43. The maximum atomic E-state index is 14.1. The van der Waals surface area contributed by atoms with Crippen LogP contribution in [0.1, 0.15) is 25.9 Å². The Labute approximate surface area is 287 Å². The summed E-state index contributed by atoms with van der Waals surface area (Å²) in [4.78, 5) is 28.5. The van der Waals surface area contributed by atoms with Crippen LogP contribution in [0, 0.1) is 17.5 Å². The van der Waals surface area contributed by atoms with Crippen LogP contribution in [0.2, 0.25) is 0 Å². The Morgan fingerprint density at radius 1 is 0.980 bits per heavy atom.